The van der Waals surface area contributed by atoms with Crippen LogP contribution in [0.1, 0.15) is 28.6 Å². The lowest BCUT2D eigenvalue weighted by molar-refractivity contribution is -0.145. The van der Waals surface area contributed by atoms with E-state index in [1.165, 1.54) is 0 Å². The van der Waals surface area contributed by atoms with Crippen LogP contribution in [0, 0.1) is 0 Å². The molecule has 3 aromatic rings. The van der Waals surface area contributed by atoms with E-state index in [1.54, 1.807) is 31.2 Å². The van der Waals surface area contributed by atoms with Crippen LogP contribution in [0.5, 0.6) is 0 Å². The van der Waals surface area contributed by atoms with Gasteiger partial charge < -0.3 is 19.2 Å². The number of furan rings is 1. The number of esters is 2. The van der Waals surface area contributed by atoms with Crippen molar-refractivity contribution in [1.29, 1.82) is 0 Å². The summed E-state index contributed by atoms with van der Waals surface area (Å²) in [6.45, 7) is 1.45. The number of para-hydroxylation sites is 1. The molecule has 3 rings (SSSR count). The van der Waals surface area contributed by atoms with E-state index in [9.17, 15) is 14.4 Å². The quantitative estimate of drug-likeness (QED) is 0.589. The molecule has 0 aliphatic carbocycles. The average molecular weight is 395 g/mol. The van der Waals surface area contributed by atoms with E-state index in [2.05, 4.69) is 5.32 Å². The maximum atomic E-state index is 12.2. The van der Waals surface area contributed by atoms with E-state index in [0.717, 1.165) is 5.56 Å². The largest absolute Gasteiger partial charge is 0.460 e. The fourth-order valence-corrected chi connectivity index (χ4v) is 2.82. The van der Waals surface area contributed by atoms with Gasteiger partial charge in [0.25, 0.3) is 0 Å². The summed E-state index contributed by atoms with van der Waals surface area (Å²) in [5, 5.41) is 3.19. The van der Waals surface area contributed by atoms with E-state index in [0.29, 0.717) is 16.5 Å². The second-order valence-corrected chi connectivity index (χ2v) is 6.23. The number of ether oxygens (including phenoxy) is 2. The maximum Gasteiger partial charge on any atom is 0.374 e. The van der Waals surface area contributed by atoms with Crippen molar-refractivity contribution in [2.24, 2.45) is 0 Å². The fourth-order valence-electron chi connectivity index (χ4n) is 2.82. The van der Waals surface area contributed by atoms with Gasteiger partial charge >= 0.3 is 11.9 Å². The van der Waals surface area contributed by atoms with Crippen molar-refractivity contribution in [3.05, 3.63) is 71.5 Å². The molecule has 0 aliphatic rings. The molecule has 0 radical (unpaired) electrons. The van der Waals surface area contributed by atoms with Crippen molar-refractivity contribution in [3.63, 3.8) is 0 Å². The lowest BCUT2D eigenvalue weighted by Gasteiger charge is -2.07. The second kappa shape index (κ2) is 9.54. The molecule has 2 aromatic carbocycles. The minimum absolute atomic E-state index is 0.00830. The zero-order valence-corrected chi connectivity index (χ0v) is 16.0. The first-order valence-electron chi connectivity index (χ1n) is 9.22. The number of rotatable bonds is 8. The molecule has 1 aromatic heterocycles. The summed E-state index contributed by atoms with van der Waals surface area (Å²) in [7, 11) is 0. The third kappa shape index (κ3) is 5.22. The maximum absolute atomic E-state index is 12.2. The van der Waals surface area contributed by atoms with E-state index in [4.69, 9.17) is 13.9 Å². The molecule has 7 nitrogen and oxygen atoms in total. The van der Waals surface area contributed by atoms with Crippen molar-refractivity contribution in [1.82, 2.24) is 5.32 Å². The Morgan fingerprint density at radius 2 is 1.69 bits per heavy atom. The number of amides is 1. The molecule has 0 spiro atoms. The number of benzene rings is 2. The van der Waals surface area contributed by atoms with E-state index >= 15 is 0 Å². The Labute approximate surface area is 167 Å². The van der Waals surface area contributed by atoms with Crippen LogP contribution >= 0.6 is 0 Å². The number of hydrogen-bond donors (Lipinski definition) is 1. The van der Waals surface area contributed by atoms with Crippen LogP contribution in [-0.2, 0) is 32.1 Å². The van der Waals surface area contributed by atoms with Gasteiger partial charge in [-0.15, -0.1) is 0 Å². The standard InChI is InChI=1S/C22H21NO6/c1-2-27-22(26)21-17(16-10-6-7-11-18(16)29-21)14-28-20(25)13-23-19(24)12-15-8-4-3-5-9-15/h3-11H,2,12-14H2,1H3,(H,23,24). The van der Waals surface area contributed by atoms with Gasteiger partial charge in [0.05, 0.1) is 18.6 Å². The third-order valence-corrected chi connectivity index (χ3v) is 4.17. The Kier molecular flexibility index (Phi) is 6.63. The number of fused-ring (bicyclic) bond motifs is 1. The molecule has 0 fully saturated rings. The molecular formula is C22H21NO6. The molecule has 0 aliphatic heterocycles. The van der Waals surface area contributed by atoms with Crippen LogP contribution in [-0.4, -0.2) is 31.0 Å². The van der Waals surface area contributed by atoms with Crippen molar-refractivity contribution >= 4 is 28.8 Å². The monoisotopic (exact) mass is 395 g/mol. The van der Waals surface area contributed by atoms with Crippen molar-refractivity contribution in [2.75, 3.05) is 13.2 Å². The van der Waals surface area contributed by atoms with Crippen LogP contribution in [0.4, 0.5) is 0 Å². The van der Waals surface area contributed by atoms with E-state index < -0.39 is 11.9 Å². The van der Waals surface area contributed by atoms with Crippen molar-refractivity contribution < 1.29 is 28.3 Å². The topological polar surface area (TPSA) is 94.8 Å². The number of carbonyl (C=O) groups excluding carboxylic acids is 3. The van der Waals surface area contributed by atoms with Gasteiger partial charge in [-0.1, -0.05) is 48.5 Å². The summed E-state index contributed by atoms with van der Waals surface area (Å²) in [4.78, 5) is 36.2. The summed E-state index contributed by atoms with van der Waals surface area (Å²) in [6, 6.07) is 16.3. The SMILES string of the molecule is CCOC(=O)c1oc2ccccc2c1COC(=O)CNC(=O)Cc1ccccc1. The van der Waals surface area contributed by atoms with Crippen LogP contribution < -0.4 is 5.32 Å². The lowest BCUT2D eigenvalue weighted by atomic mass is 10.1. The Morgan fingerprint density at radius 1 is 0.966 bits per heavy atom. The molecule has 1 heterocycles. The third-order valence-electron chi connectivity index (χ3n) is 4.17. The van der Waals surface area contributed by atoms with Crippen molar-refractivity contribution in [3.8, 4) is 0 Å². The molecule has 1 N–H and O–H groups in total. The van der Waals surface area contributed by atoms with Gasteiger partial charge in [0, 0.05) is 5.39 Å². The number of nitrogens with one attached hydrogen (secondary N) is 1. The van der Waals surface area contributed by atoms with Gasteiger partial charge in [-0.2, -0.15) is 0 Å². The zero-order valence-electron chi connectivity index (χ0n) is 16.0. The van der Waals surface area contributed by atoms with E-state index in [-0.39, 0.29) is 37.8 Å². The molecule has 0 bridgehead atoms. The first-order chi connectivity index (χ1) is 14.1. The van der Waals surface area contributed by atoms with Crippen LogP contribution in [0.15, 0.2) is 59.0 Å². The summed E-state index contributed by atoms with van der Waals surface area (Å²) < 4.78 is 15.8. The zero-order chi connectivity index (χ0) is 20.6. The summed E-state index contributed by atoms with van der Waals surface area (Å²) in [6.07, 6.45) is 0.174. The predicted octanol–water partition coefficient (Wildman–Crippen LogP) is 3.01. The highest BCUT2D eigenvalue weighted by Crippen LogP contribution is 2.27. The molecule has 1 amide bonds. The van der Waals surface area contributed by atoms with Crippen LogP contribution in [0.2, 0.25) is 0 Å². The predicted molar refractivity (Wildman–Crippen MR) is 105 cm³/mol. The molecule has 7 heteroatoms. The smallest absolute Gasteiger partial charge is 0.374 e. The molecule has 0 saturated heterocycles. The van der Waals surface area contributed by atoms with Gasteiger partial charge in [-0.3, -0.25) is 9.59 Å². The highest BCUT2D eigenvalue weighted by Gasteiger charge is 2.22. The molecule has 0 saturated carbocycles. The molecular weight excluding hydrogens is 374 g/mol. The van der Waals surface area contributed by atoms with Gasteiger partial charge in [0.2, 0.25) is 11.7 Å². The van der Waals surface area contributed by atoms with Crippen LogP contribution in [0.25, 0.3) is 11.0 Å². The minimum Gasteiger partial charge on any atom is -0.460 e. The average Bonchev–Trinajstić information content (AvgIpc) is 3.10. The number of carbonyl (C=O) groups is 3. The summed E-state index contributed by atoms with van der Waals surface area (Å²) in [5.41, 5.74) is 1.78. The summed E-state index contributed by atoms with van der Waals surface area (Å²) >= 11 is 0. The van der Waals surface area contributed by atoms with Gasteiger partial charge in [-0.25, -0.2) is 4.79 Å². The normalized spacial score (nSPS) is 10.5. The Bertz CT molecular complexity index is 1010. The minimum atomic E-state index is -0.620. The Hall–Kier alpha value is -3.61. The van der Waals surface area contributed by atoms with Gasteiger partial charge in [-0.05, 0) is 18.6 Å². The Balaban J connectivity index is 1.59. The van der Waals surface area contributed by atoms with Crippen molar-refractivity contribution in [2.45, 2.75) is 20.0 Å². The second-order valence-electron chi connectivity index (χ2n) is 6.23. The number of hydrogen-bond acceptors (Lipinski definition) is 6. The van der Waals surface area contributed by atoms with Gasteiger partial charge in [0.15, 0.2) is 0 Å². The molecule has 29 heavy (non-hydrogen) atoms. The highest BCUT2D eigenvalue weighted by atomic mass is 16.5. The first kappa shape index (κ1) is 20.1. The summed E-state index contributed by atoms with van der Waals surface area (Å²) in [5.74, 6) is -1.51. The van der Waals surface area contributed by atoms with Gasteiger partial charge in [0.1, 0.15) is 18.7 Å². The highest BCUT2D eigenvalue weighted by molar-refractivity contribution is 5.96. The molecule has 0 atom stereocenters. The molecule has 0 unspecified atom stereocenters. The Morgan fingerprint density at radius 3 is 2.45 bits per heavy atom. The fraction of sp³-hybridized carbons (Fsp3) is 0.227. The van der Waals surface area contributed by atoms with Crippen LogP contribution in [0.3, 0.4) is 0 Å². The molecule has 150 valence electrons. The van der Waals surface area contributed by atoms with E-state index in [1.807, 2.05) is 30.3 Å². The lowest BCUT2D eigenvalue weighted by Crippen LogP contribution is -2.31. The first-order valence-corrected chi connectivity index (χ1v) is 9.22.